The molecule has 0 bridgehead atoms. The number of hydrogen-bond donors (Lipinski definition) is 1. The second kappa shape index (κ2) is 9.47. The molecule has 0 aliphatic rings. The standard InChI is InChI=1S/C22H16Cl2F3N5O2/c23-16-7-14(8-17(24)9-16)20(33)28-4-5-32-19-18(10-30-32)21(34)31(12-29-19)11-13-2-1-3-15(6-13)22(25,26)27/h1-3,6-10,12H,4-5,11H2,(H,28,33). The Morgan fingerprint density at radius 2 is 1.82 bits per heavy atom. The second-order valence-electron chi connectivity index (χ2n) is 7.39. The number of carbonyl (C=O) groups excluding carboxylic acids is 1. The van der Waals surface area contributed by atoms with E-state index >= 15 is 0 Å². The first-order valence-corrected chi connectivity index (χ1v) is 10.7. The zero-order valence-electron chi connectivity index (χ0n) is 17.3. The van der Waals surface area contributed by atoms with Crippen molar-refractivity contribution in [2.45, 2.75) is 19.3 Å². The molecule has 0 spiro atoms. The van der Waals surface area contributed by atoms with Crippen molar-refractivity contribution in [1.29, 1.82) is 0 Å². The highest BCUT2D eigenvalue weighted by Crippen LogP contribution is 2.29. The number of halogens is 5. The fourth-order valence-corrected chi connectivity index (χ4v) is 3.90. The van der Waals surface area contributed by atoms with Crippen molar-refractivity contribution in [1.82, 2.24) is 24.6 Å². The quantitative estimate of drug-likeness (QED) is 0.417. The van der Waals surface area contributed by atoms with Crippen molar-refractivity contribution in [2.24, 2.45) is 0 Å². The van der Waals surface area contributed by atoms with E-state index in [0.717, 1.165) is 12.1 Å². The molecule has 176 valence electrons. The highest BCUT2D eigenvalue weighted by atomic mass is 35.5. The summed E-state index contributed by atoms with van der Waals surface area (Å²) in [6, 6.07) is 9.25. The van der Waals surface area contributed by atoms with Crippen LogP contribution in [-0.4, -0.2) is 31.8 Å². The van der Waals surface area contributed by atoms with E-state index in [4.69, 9.17) is 23.2 Å². The van der Waals surface area contributed by atoms with Gasteiger partial charge in [-0.1, -0.05) is 35.3 Å². The number of rotatable bonds is 6. The Hall–Kier alpha value is -3.37. The van der Waals surface area contributed by atoms with Gasteiger partial charge >= 0.3 is 6.18 Å². The molecular formula is C22H16Cl2F3N5O2. The van der Waals surface area contributed by atoms with Crippen molar-refractivity contribution >= 4 is 40.1 Å². The Labute approximate surface area is 200 Å². The van der Waals surface area contributed by atoms with Gasteiger partial charge in [-0.25, -0.2) is 9.67 Å². The third kappa shape index (κ3) is 5.23. The molecule has 1 amide bonds. The third-order valence-electron chi connectivity index (χ3n) is 4.96. The van der Waals surface area contributed by atoms with Gasteiger partial charge in [-0.2, -0.15) is 18.3 Å². The second-order valence-corrected chi connectivity index (χ2v) is 8.27. The van der Waals surface area contributed by atoms with Crippen LogP contribution < -0.4 is 10.9 Å². The van der Waals surface area contributed by atoms with E-state index in [0.29, 0.717) is 26.8 Å². The summed E-state index contributed by atoms with van der Waals surface area (Å²) < 4.78 is 41.5. The molecule has 4 aromatic rings. The van der Waals surface area contributed by atoms with Crippen molar-refractivity contribution < 1.29 is 18.0 Å². The van der Waals surface area contributed by atoms with E-state index in [1.165, 1.54) is 52.1 Å². The van der Waals surface area contributed by atoms with Gasteiger partial charge in [-0.15, -0.1) is 0 Å². The van der Waals surface area contributed by atoms with Crippen LogP contribution in [-0.2, 0) is 19.3 Å². The van der Waals surface area contributed by atoms with Gasteiger partial charge in [-0.05, 0) is 35.9 Å². The fraction of sp³-hybridized carbons (Fsp3) is 0.182. The average Bonchev–Trinajstić information content (AvgIpc) is 3.18. The lowest BCUT2D eigenvalue weighted by Gasteiger charge is -2.10. The number of carbonyl (C=O) groups is 1. The summed E-state index contributed by atoms with van der Waals surface area (Å²) in [6.45, 7) is 0.345. The van der Waals surface area contributed by atoms with Crippen molar-refractivity contribution in [3.63, 3.8) is 0 Å². The predicted octanol–water partition coefficient (Wildman–Crippen LogP) is 4.40. The molecular weight excluding hydrogens is 494 g/mol. The molecule has 0 saturated heterocycles. The largest absolute Gasteiger partial charge is 0.416 e. The van der Waals surface area contributed by atoms with E-state index in [9.17, 15) is 22.8 Å². The molecule has 34 heavy (non-hydrogen) atoms. The maximum absolute atomic E-state index is 13.0. The van der Waals surface area contributed by atoms with E-state index in [-0.39, 0.29) is 30.9 Å². The molecule has 0 aliphatic carbocycles. The molecule has 7 nitrogen and oxygen atoms in total. The van der Waals surface area contributed by atoms with E-state index in [2.05, 4.69) is 15.4 Å². The fourth-order valence-electron chi connectivity index (χ4n) is 3.38. The Balaban J connectivity index is 1.47. The van der Waals surface area contributed by atoms with Gasteiger partial charge in [0.15, 0.2) is 5.65 Å². The summed E-state index contributed by atoms with van der Waals surface area (Å²) in [5.74, 6) is -0.378. The molecule has 4 rings (SSSR count). The van der Waals surface area contributed by atoms with Gasteiger partial charge in [-0.3, -0.25) is 14.2 Å². The van der Waals surface area contributed by atoms with Gasteiger partial charge in [0.2, 0.25) is 0 Å². The normalized spacial score (nSPS) is 11.7. The van der Waals surface area contributed by atoms with Gasteiger partial charge in [0.05, 0.1) is 24.8 Å². The maximum atomic E-state index is 13.0. The van der Waals surface area contributed by atoms with E-state index < -0.39 is 17.3 Å². The zero-order valence-corrected chi connectivity index (χ0v) is 18.8. The summed E-state index contributed by atoms with van der Waals surface area (Å²) in [5, 5.41) is 7.74. The highest BCUT2D eigenvalue weighted by molar-refractivity contribution is 6.35. The van der Waals surface area contributed by atoms with Crippen molar-refractivity contribution in [3.05, 3.63) is 92.1 Å². The van der Waals surface area contributed by atoms with Crippen LogP contribution in [0, 0.1) is 0 Å². The SMILES string of the molecule is O=C(NCCn1ncc2c(=O)n(Cc3cccc(C(F)(F)F)c3)cnc21)c1cc(Cl)cc(Cl)c1. The molecule has 12 heteroatoms. The zero-order chi connectivity index (χ0) is 24.5. The summed E-state index contributed by atoms with van der Waals surface area (Å²) in [7, 11) is 0. The molecule has 0 fully saturated rings. The molecule has 2 aromatic carbocycles. The molecule has 0 atom stereocenters. The smallest absolute Gasteiger partial charge is 0.350 e. The van der Waals surface area contributed by atoms with Crippen LogP contribution in [0.3, 0.4) is 0 Å². The number of hydrogen-bond acceptors (Lipinski definition) is 4. The first-order chi connectivity index (χ1) is 16.1. The Morgan fingerprint density at radius 3 is 2.53 bits per heavy atom. The summed E-state index contributed by atoms with van der Waals surface area (Å²) >= 11 is 11.8. The Kier molecular flexibility index (Phi) is 6.63. The van der Waals surface area contributed by atoms with E-state index in [1.807, 2.05) is 0 Å². The van der Waals surface area contributed by atoms with Gasteiger partial charge in [0.25, 0.3) is 11.5 Å². The lowest BCUT2D eigenvalue weighted by molar-refractivity contribution is -0.137. The minimum atomic E-state index is -4.47. The highest BCUT2D eigenvalue weighted by Gasteiger charge is 2.30. The number of benzene rings is 2. The molecule has 1 N–H and O–H groups in total. The molecule has 0 aliphatic heterocycles. The number of fused-ring (bicyclic) bond motifs is 1. The van der Waals surface area contributed by atoms with Crippen LogP contribution in [0.2, 0.25) is 10.0 Å². The topological polar surface area (TPSA) is 81.8 Å². The summed E-state index contributed by atoms with van der Waals surface area (Å²) in [5.41, 5.74) is -0.314. The summed E-state index contributed by atoms with van der Waals surface area (Å²) in [6.07, 6.45) is -1.87. The predicted molar refractivity (Wildman–Crippen MR) is 121 cm³/mol. The van der Waals surface area contributed by atoms with Crippen LogP contribution in [0.5, 0.6) is 0 Å². The Morgan fingerprint density at radius 1 is 1.09 bits per heavy atom. The third-order valence-corrected chi connectivity index (χ3v) is 5.40. The average molecular weight is 510 g/mol. The van der Waals surface area contributed by atoms with Crippen LogP contribution >= 0.6 is 23.2 Å². The molecule has 0 unspecified atom stereocenters. The number of amides is 1. The van der Waals surface area contributed by atoms with Crippen LogP contribution in [0.25, 0.3) is 11.0 Å². The lowest BCUT2D eigenvalue weighted by Crippen LogP contribution is -2.27. The van der Waals surface area contributed by atoms with Gasteiger partial charge in [0, 0.05) is 22.2 Å². The molecule has 0 radical (unpaired) electrons. The van der Waals surface area contributed by atoms with Crippen LogP contribution in [0.4, 0.5) is 13.2 Å². The maximum Gasteiger partial charge on any atom is 0.416 e. The molecule has 0 saturated carbocycles. The van der Waals surface area contributed by atoms with Gasteiger partial charge < -0.3 is 5.32 Å². The number of nitrogens with zero attached hydrogens (tertiary/aromatic N) is 4. The van der Waals surface area contributed by atoms with Crippen LogP contribution in [0.1, 0.15) is 21.5 Å². The first-order valence-electron chi connectivity index (χ1n) is 9.93. The Bertz CT molecular complexity index is 1410. The van der Waals surface area contributed by atoms with Crippen molar-refractivity contribution in [2.75, 3.05) is 6.54 Å². The lowest BCUT2D eigenvalue weighted by atomic mass is 10.1. The number of alkyl halides is 3. The molecule has 2 heterocycles. The van der Waals surface area contributed by atoms with Gasteiger partial charge in [0.1, 0.15) is 11.7 Å². The van der Waals surface area contributed by atoms with Crippen molar-refractivity contribution in [3.8, 4) is 0 Å². The number of nitrogens with one attached hydrogen (secondary N) is 1. The van der Waals surface area contributed by atoms with Crippen LogP contribution in [0.15, 0.2) is 59.8 Å². The number of aromatic nitrogens is 4. The first kappa shape index (κ1) is 23.8. The summed E-state index contributed by atoms with van der Waals surface area (Å²) in [4.78, 5) is 29.4. The monoisotopic (exact) mass is 509 g/mol. The van der Waals surface area contributed by atoms with E-state index in [1.54, 1.807) is 0 Å². The minimum absolute atomic E-state index is 0.0743. The minimum Gasteiger partial charge on any atom is -0.350 e. The molecule has 2 aromatic heterocycles.